The fraction of sp³-hybridized carbons (Fsp3) is 0.300. The molecule has 27 heavy (non-hydrogen) atoms. The van der Waals surface area contributed by atoms with Gasteiger partial charge in [-0.2, -0.15) is 0 Å². The number of morpholine rings is 1. The van der Waals surface area contributed by atoms with Gasteiger partial charge in [-0.3, -0.25) is 9.69 Å². The summed E-state index contributed by atoms with van der Waals surface area (Å²) in [5, 5.41) is 5.84. The SMILES string of the molecule is O=C(NCc1csc(-c2ccccc2)n1)c1coc(CN2CCOCC2)c1. The lowest BCUT2D eigenvalue weighted by molar-refractivity contribution is 0.0313. The number of furan rings is 1. The molecule has 1 aromatic carbocycles. The van der Waals surface area contributed by atoms with E-state index in [9.17, 15) is 4.79 Å². The molecule has 1 N–H and O–H groups in total. The molecule has 0 saturated carbocycles. The number of nitrogens with one attached hydrogen (secondary N) is 1. The lowest BCUT2D eigenvalue weighted by Crippen LogP contribution is -2.35. The van der Waals surface area contributed by atoms with Crippen LogP contribution in [-0.4, -0.2) is 42.1 Å². The second-order valence-corrected chi connectivity index (χ2v) is 7.24. The molecule has 1 saturated heterocycles. The Morgan fingerprint density at radius 2 is 2.04 bits per heavy atom. The number of carbonyl (C=O) groups excluding carboxylic acids is 1. The average molecular weight is 383 g/mol. The van der Waals surface area contributed by atoms with E-state index < -0.39 is 0 Å². The van der Waals surface area contributed by atoms with Crippen LogP contribution in [0.1, 0.15) is 21.8 Å². The van der Waals surface area contributed by atoms with Gasteiger partial charge in [-0.25, -0.2) is 4.98 Å². The van der Waals surface area contributed by atoms with E-state index in [2.05, 4.69) is 15.2 Å². The van der Waals surface area contributed by atoms with Crippen molar-refractivity contribution in [1.82, 2.24) is 15.2 Å². The van der Waals surface area contributed by atoms with Gasteiger partial charge in [0.25, 0.3) is 5.91 Å². The smallest absolute Gasteiger partial charge is 0.254 e. The maximum Gasteiger partial charge on any atom is 0.254 e. The topological polar surface area (TPSA) is 67.6 Å². The van der Waals surface area contributed by atoms with Crippen molar-refractivity contribution in [3.63, 3.8) is 0 Å². The highest BCUT2D eigenvalue weighted by atomic mass is 32.1. The van der Waals surface area contributed by atoms with Crippen LogP contribution in [0.2, 0.25) is 0 Å². The van der Waals surface area contributed by atoms with E-state index in [4.69, 9.17) is 9.15 Å². The highest BCUT2D eigenvalue weighted by molar-refractivity contribution is 7.13. The van der Waals surface area contributed by atoms with Gasteiger partial charge in [0.15, 0.2) is 0 Å². The zero-order valence-corrected chi connectivity index (χ0v) is 15.7. The third-order valence-electron chi connectivity index (χ3n) is 4.40. The number of hydrogen-bond donors (Lipinski definition) is 1. The molecular formula is C20H21N3O3S. The van der Waals surface area contributed by atoms with Crippen LogP contribution in [0, 0.1) is 0 Å². The number of aromatic nitrogens is 1. The van der Waals surface area contributed by atoms with E-state index in [1.165, 1.54) is 6.26 Å². The zero-order chi connectivity index (χ0) is 18.5. The molecule has 0 spiro atoms. The summed E-state index contributed by atoms with van der Waals surface area (Å²) in [4.78, 5) is 19.2. The van der Waals surface area contributed by atoms with E-state index in [-0.39, 0.29) is 5.91 Å². The molecule has 1 aliphatic heterocycles. The lowest BCUT2D eigenvalue weighted by Gasteiger charge is -2.25. The molecule has 0 unspecified atom stereocenters. The summed E-state index contributed by atoms with van der Waals surface area (Å²) in [6, 6.07) is 11.8. The van der Waals surface area contributed by atoms with E-state index in [1.54, 1.807) is 17.4 Å². The molecule has 4 rings (SSSR count). The molecule has 1 aliphatic rings. The molecule has 0 bridgehead atoms. The summed E-state index contributed by atoms with van der Waals surface area (Å²) in [5.74, 6) is 0.642. The van der Waals surface area contributed by atoms with E-state index in [0.29, 0.717) is 18.7 Å². The highest BCUT2D eigenvalue weighted by Gasteiger charge is 2.15. The molecule has 0 aliphatic carbocycles. The second kappa shape index (κ2) is 8.47. The monoisotopic (exact) mass is 383 g/mol. The van der Waals surface area contributed by atoms with E-state index in [0.717, 1.165) is 48.3 Å². The number of nitrogens with zero attached hydrogens (tertiary/aromatic N) is 2. The zero-order valence-electron chi connectivity index (χ0n) is 14.9. The summed E-state index contributed by atoms with van der Waals surface area (Å²) in [6.45, 7) is 4.35. The van der Waals surface area contributed by atoms with Gasteiger partial charge in [-0.15, -0.1) is 11.3 Å². The van der Waals surface area contributed by atoms with Crippen molar-refractivity contribution in [2.24, 2.45) is 0 Å². The molecule has 0 atom stereocenters. The Kier molecular flexibility index (Phi) is 5.62. The van der Waals surface area contributed by atoms with Gasteiger partial charge in [-0.05, 0) is 6.07 Å². The van der Waals surface area contributed by atoms with Crippen LogP contribution in [0.25, 0.3) is 10.6 Å². The minimum atomic E-state index is -0.152. The Balaban J connectivity index is 1.31. The van der Waals surface area contributed by atoms with Crippen molar-refractivity contribution in [1.29, 1.82) is 0 Å². The average Bonchev–Trinajstić information content (AvgIpc) is 3.37. The Bertz CT molecular complexity index is 885. The van der Waals surface area contributed by atoms with Crippen LogP contribution in [0.5, 0.6) is 0 Å². The summed E-state index contributed by atoms with van der Waals surface area (Å²) in [6.07, 6.45) is 1.52. The molecule has 3 aromatic rings. The van der Waals surface area contributed by atoms with Crippen LogP contribution >= 0.6 is 11.3 Å². The minimum absolute atomic E-state index is 0.152. The second-order valence-electron chi connectivity index (χ2n) is 6.38. The number of ether oxygens (including phenoxy) is 1. The first kappa shape index (κ1) is 17.9. The van der Waals surface area contributed by atoms with E-state index >= 15 is 0 Å². The van der Waals surface area contributed by atoms with Gasteiger partial charge in [0, 0.05) is 24.0 Å². The van der Waals surface area contributed by atoms with Crippen LogP contribution in [0.3, 0.4) is 0 Å². The quantitative estimate of drug-likeness (QED) is 0.708. The van der Waals surface area contributed by atoms with Crippen molar-refractivity contribution < 1.29 is 13.9 Å². The van der Waals surface area contributed by atoms with E-state index in [1.807, 2.05) is 35.7 Å². The summed E-state index contributed by atoms with van der Waals surface area (Å²) < 4.78 is 10.9. The lowest BCUT2D eigenvalue weighted by atomic mass is 10.2. The summed E-state index contributed by atoms with van der Waals surface area (Å²) in [7, 11) is 0. The third-order valence-corrected chi connectivity index (χ3v) is 5.34. The number of thiazole rings is 1. The Morgan fingerprint density at radius 3 is 2.85 bits per heavy atom. The van der Waals surface area contributed by atoms with Crippen molar-refractivity contribution in [3.05, 3.63) is 65.1 Å². The van der Waals surface area contributed by atoms with Crippen LogP contribution in [0.15, 0.2) is 52.5 Å². The number of hydrogen-bond acceptors (Lipinski definition) is 6. The third kappa shape index (κ3) is 4.63. The van der Waals surface area contributed by atoms with Gasteiger partial charge in [-0.1, -0.05) is 30.3 Å². The normalized spacial score (nSPS) is 15.0. The predicted molar refractivity (Wildman–Crippen MR) is 104 cm³/mol. The first-order valence-electron chi connectivity index (χ1n) is 8.93. The van der Waals surface area contributed by atoms with Crippen molar-refractivity contribution in [2.75, 3.05) is 26.3 Å². The Hall–Kier alpha value is -2.48. The van der Waals surface area contributed by atoms with Gasteiger partial charge in [0.2, 0.25) is 0 Å². The van der Waals surface area contributed by atoms with Crippen molar-refractivity contribution in [2.45, 2.75) is 13.1 Å². The maximum atomic E-state index is 12.4. The van der Waals surface area contributed by atoms with Crippen molar-refractivity contribution in [3.8, 4) is 10.6 Å². The molecule has 3 heterocycles. The Morgan fingerprint density at radius 1 is 1.22 bits per heavy atom. The van der Waals surface area contributed by atoms with Crippen LogP contribution in [0.4, 0.5) is 0 Å². The molecule has 0 radical (unpaired) electrons. The summed E-state index contributed by atoms with van der Waals surface area (Å²) >= 11 is 1.58. The van der Waals surface area contributed by atoms with Crippen molar-refractivity contribution >= 4 is 17.2 Å². The summed E-state index contributed by atoms with van der Waals surface area (Å²) in [5.41, 5.74) is 2.48. The van der Waals surface area contributed by atoms with Crippen LogP contribution in [-0.2, 0) is 17.8 Å². The molecule has 7 heteroatoms. The van der Waals surface area contributed by atoms with Gasteiger partial charge < -0.3 is 14.5 Å². The predicted octanol–water partition coefficient (Wildman–Crippen LogP) is 3.17. The molecule has 6 nitrogen and oxygen atoms in total. The highest BCUT2D eigenvalue weighted by Crippen LogP contribution is 2.23. The molecule has 140 valence electrons. The molecule has 1 fully saturated rings. The fourth-order valence-electron chi connectivity index (χ4n) is 2.94. The fourth-order valence-corrected chi connectivity index (χ4v) is 3.76. The number of carbonyl (C=O) groups is 1. The number of benzene rings is 1. The van der Waals surface area contributed by atoms with Gasteiger partial charge in [0.05, 0.1) is 37.6 Å². The molecule has 1 amide bonds. The maximum absolute atomic E-state index is 12.4. The minimum Gasteiger partial charge on any atom is -0.467 e. The first-order chi connectivity index (χ1) is 13.3. The number of rotatable bonds is 6. The molecular weight excluding hydrogens is 362 g/mol. The molecule has 2 aromatic heterocycles. The van der Waals surface area contributed by atoms with Crippen LogP contribution < -0.4 is 5.32 Å². The Labute approximate surface area is 161 Å². The first-order valence-corrected chi connectivity index (χ1v) is 9.81. The largest absolute Gasteiger partial charge is 0.467 e. The standard InChI is InChI=1S/C20H21N3O3S/c24-19(16-10-18(26-13-16)12-23-6-8-25-9-7-23)21-11-17-14-27-20(22-17)15-4-2-1-3-5-15/h1-5,10,13-14H,6-9,11-12H2,(H,21,24). The van der Waals surface area contributed by atoms with Gasteiger partial charge in [0.1, 0.15) is 17.0 Å². The van der Waals surface area contributed by atoms with Gasteiger partial charge >= 0.3 is 0 Å². The number of amides is 1.